The molecule has 0 unspecified atom stereocenters. The molecule has 1 N–H and O–H groups in total. The van der Waals surface area contributed by atoms with E-state index in [9.17, 15) is 0 Å². The number of anilines is 1. The Labute approximate surface area is 117 Å². The van der Waals surface area contributed by atoms with E-state index < -0.39 is 0 Å². The Kier molecular flexibility index (Phi) is 2.66. The maximum Gasteiger partial charge on any atom is 0.138 e. The number of aromatic amines is 1. The van der Waals surface area contributed by atoms with Gasteiger partial charge in [0.2, 0.25) is 0 Å². The van der Waals surface area contributed by atoms with E-state index in [4.69, 9.17) is 0 Å². The average molecular weight is 264 g/mol. The molecular weight excluding hydrogens is 248 g/mol. The summed E-state index contributed by atoms with van der Waals surface area (Å²) in [6.07, 6.45) is 10.2. The van der Waals surface area contributed by atoms with Crippen LogP contribution >= 0.6 is 0 Å². The predicted molar refractivity (Wildman–Crippen MR) is 80.8 cm³/mol. The summed E-state index contributed by atoms with van der Waals surface area (Å²) in [5, 5.41) is 1.17. The first-order valence-corrected chi connectivity index (χ1v) is 7.04. The van der Waals surface area contributed by atoms with Crippen molar-refractivity contribution in [2.24, 2.45) is 0 Å². The number of fused-ring (bicyclic) bond motifs is 1. The molecule has 20 heavy (non-hydrogen) atoms. The number of hydrogen-bond donors (Lipinski definition) is 1. The lowest BCUT2D eigenvalue weighted by atomic mass is 10.1. The van der Waals surface area contributed by atoms with Crippen molar-refractivity contribution in [1.29, 1.82) is 0 Å². The second-order valence-electron chi connectivity index (χ2n) is 5.23. The van der Waals surface area contributed by atoms with Crippen LogP contribution in [0.15, 0.2) is 43.0 Å². The summed E-state index contributed by atoms with van der Waals surface area (Å²) in [4.78, 5) is 14.4. The van der Waals surface area contributed by atoms with Crippen molar-refractivity contribution in [1.82, 2.24) is 15.0 Å². The SMILES string of the molecule is c1cncc(-c2c[nH]c3ncc(N4CCCC4)cc23)c1. The minimum atomic E-state index is 0.937. The summed E-state index contributed by atoms with van der Waals surface area (Å²) in [7, 11) is 0. The van der Waals surface area contributed by atoms with Crippen LogP contribution in [0.1, 0.15) is 12.8 Å². The predicted octanol–water partition coefficient (Wildman–Crippen LogP) is 3.23. The maximum absolute atomic E-state index is 4.55. The third-order valence-corrected chi connectivity index (χ3v) is 3.96. The van der Waals surface area contributed by atoms with E-state index >= 15 is 0 Å². The van der Waals surface area contributed by atoms with Crippen LogP contribution in [0.4, 0.5) is 5.69 Å². The molecule has 0 radical (unpaired) electrons. The molecule has 1 aliphatic rings. The maximum atomic E-state index is 4.55. The summed E-state index contributed by atoms with van der Waals surface area (Å²) in [5.74, 6) is 0. The van der Waals surface area contributed by atoms with Crippen LogP contribution in [0.2, 0.25) is 0 Å². The molecule has 4 heterocycles. The molecule has 1 aliphatic heterocycles. The minimum absolute atomic E-state index is 0.937. The Morgan fingerprint density at radius 1 is 1.15 bits per heavy atom. The van der Waals surface area contributed by atoms with Gasteiger partial charge in [0.15, 0.2) is 0 Å². The van der Waals surface area contributed by atoms with Crippen molar-refractivity contribution >= 4 is 16.7 Å². The van der Waals surface area contributed by atoms with E-state index in [1.165, 1.54) is 29.5 Å². The summed E-state index contributed by atoms with van der Waals surface area (Å²) in [5.41, 5.74) is 4.45. The second-order valence-corrected chi connectivity index (χ2v) is 5.23. The van der Waals surface area contributed by atoms with E-state index in [-0.39, 0.29) is 0 Å². The Morgan fingerprint density at radius 3 is 2.85 bits per heavy atom. The first kappa shape index (κ1) is 11.5. The number of nitrogens with zero attached hydrogens (tertiary/aromatic N) is 3. The lowest BCUT2D eigenvalue weighted by Crippen LogP contribution is -2.17. The summed E-state index contributed by atoms with van der Waals surface area (Å²) in [6.45, 7) is 2.28. The van der Waals surface area contributed by atoms with Gasteiger partial charge in [-0.15, -0.1) is 0 Å². The fraction of sp³-hybridized carbons (Fsp3) is 0.250. The van der Waals surface area contributed by atoms with Gasteiger partial charge in [-0.2, -0.15) is 0 Å². The van der Waals surface area contributed by atoms with E-state index in [0.29, 0.717) is 0 Å². The molecule has 3 aromatic rings. The fourth-order valence-electron chi connectivity index (χ4n) is 2.90. The van der Waals surface area contributed by atoms with E-state index in [2.05, 4.69) is 32.0 Å². The van der Waals surface area contributed by atoms with Crippen LogP contribution in [0, 0.1) is 0 Å². The largest absolute Gasteiger partial charge is 0.370 e. The van der Waals surface area contributed by atoms with E-state index in [1.54, 1.807) is 6.20 Å². The van der Waals surface area contributed by atoms with Crippen molar-refractivity contribution in [3.63, 3.8) is 0 Å². The van der Waals surface area contributed by atoms with Crippen LogP contribution in [0.25, 0.3) is 22.2 Å². The van der Waals surface area contributed by atoms with Crippen molar-refractivity contribution in [2.75, 3.05) is 18.0 Å². The molecule has 0 bridgehead atoms. The first-order valence-electron chi connectivity index (χ1n) is 7.04. The van der Waals surface area contributed by atoms with E-state index in [0.717, 1.165) is 24.3 Å². The molecule has 0 amide bonds. The molecule has 0 aliphatic carbocycles. The lowest BCUT2D eigenvalue weighted by molar-refractivity contribution is 0.949. The highest BCUT2D eigenvalue weighted by Crippen LogP contribution is 2.30. The number of nitrogens with one attached hydrogen (secondary N) is 1. The molecule has 4 rings (SSSR count). The zero-order valence-corrected chi connectivity index (χ0v) is 11.2. The zero-order chi connectivity index (χ0) is 13.4. The molecule has 0 saturated carbocycles. The monoisotopic (exact) mass is 264 g/mol. The van der Waals surface area contributed by atoms with Gasteiger partial charge in [-0.25, -0.2) is 4.98 Å². The number of aromatic nitrogens is 3. The topological polar surface area (TPSA) is 44.8 Å². The minimum Gasteiger partial charge on any atom is -0.370 e. The Bertz CT molecular complexity index is 727. The zero-order valence-electron chi connectivity index (χ0n) is 11.2. The molecule has 100 valence electrons. The molecule has 0 atom stereocenters. The molecule has 1 fully saturated rings. The third kappa shape index (κ3) is 1.84. The van der Waals surface area contributed by atoms with Crippen LogP contribution in [0.5, 0.6) is 0 Å². The molecule has 0 aromatic carbocycles. The van der Waals surface area contributed by atoms with Gasteiger partial charge in [0, 0.05) is 48.2 Å². The van der Waals surface area contributed by atoms with Gasteiger partial charge < -0.3 is 9.88 Å². The quantitative estimate of drug-likeness (QED) is 0.773. The molecular formula is C16H16N4. The van der Waals surface area contributed by atoms with Crippen LogP contribution in [-0.4, -0.2) is 28.0 Å². The number of H-pyrrole nitrogens is 1. The van der Waals surface area contributed by atoms with Crippen LogP contribution < -0.4 is 4.90 Å². The van der Waals surface area contributed by atoms with Gasteiger partial charge >= 0.3 is 0 Å². The number of rotatable bonds is 2. The van der Waals surface area contributed by atoms with Gasteiger partial charge in [-0.1, -0.05) is 6.07 Å². The Hall–Kier alpha value is -2.36. The van der Waals surface area contributed by atoms with Gasteiger partial charge in [0.25, 0.3) is 0 Å². The number of pyridine rings is 2. The van der Waals surface area contributed by atoms with Crippen LogP contribution in [-0.2, 0) is 0 Å². The van der Waals surface area contributed by atoms with Crippen molar-refractivity contribution in [2.45, 2.75) is 12.8 Å². The van der Waals surface area contributed by atoms with Gasteiger partial charge in [-0.05, 0) is 25.0 Å². The smallest absolute Gasteiger partial charge is 0.138 e. The standard InChI is InChI=1S/C16H16N4/c1-2-7-20(6-1)13-8-14-15(11-19-16(14)18-10-13)12-4-3-5-17-9-12/h3-5,8-11H,1-2,6-7H2,(H,18,19). The first-order chi connectivity index (χ1) is 9.92. The van der Waals surface area contributed by atoms with Crippen molar-refractivity contribution < 1.29 is 0 Å². The second kappa shape index (κ2) is 4.63. The average Bonchev–Trinajstić information content (AvgIpc) is 3.17. The highest BCUT2D eigenvalue weighted by Gasteiger charge is 2.15. The summed E-state index contributed by atoms with van der Waals surface area (Å²) < 4.78 is 0. The normalized spacial score (nSPS) is 15.1. The van der Waals surface area contributed by atoms with Crippen molar-refractivity contribution in [3.05, 3.63) is 43.0 Å². The summed E-state index contributed by atoms with van der Waals surface area (Å²) in [6, 6.07) is 6.29. The molecule has 3 aromatic heterocycles. The highest BCUT2D eigenvalue weighted by molar-refractivity contribution is 5.95. The molecule has 4 nitrogen and oxygen atoms in total. The lowest BCUT2D eigenvalue weighted by Gasteiger charge is -2.17. The van der Waals surface area contributed by atoms with Crippen LogP contribution in [0.3, 0.4) is 0 Å². The van der Waals surface area contributed by atoms with Gasteiger partial charge in [0.05, 0.1) is 11.9 Å². The third-order valence-electron chi connectivity index (χ3n) is 3.96. The van der Waals surface area contributed by atoms with E-state index in [1.807, 2.05) is 24.7 Å². The summed E-state index contributed by atoms with van der Waals surface area (Å²) >= 11 is 0. The number of hydrogen-bond acceptors (Lipinski definition) is 3. The molecule has 1 saturated heterocycles. The fourth-order valence-corrected chi connectivity index (χ4v) is 2.90. The highest BCUT2D eigenvalue weighted by atomic mass is 15.1. The van der Waals surface area contributed by atoms with Gasteiger partial charge in [0.1, 0.15) is 5.65 Å². The Balaban J connectivity index is 1.84. The molecule has 0 spiro atoms. The van der Waals surface area contributed by atoms with Gasteiger partial charge in [-0.3, -0.25) is 4.98 Å². The Morgan fingerprint density at radius 2 is 2.05 bits per heavy atom. The van der Waals surface area contributed by atoms with Crippen molar-refractivity contribution in [3.8, 4) is 11.1 Å². The molecule has 4 heteroatoms.